The highest BCUT2D eigenvalue weighted by atomic mass is 32.2. The molecule has 0 aliphatic carbocycles. The Morgan fingerprint density at radius 3 is 2.88 bits per heavy atom. The third-order valence-corrected chi connectivity index (χ3v) is 5.42. The Morgan fingerprint density at radius 1 is 1.41 bits per heavy atom. The molecule has 2 saturated heterocycles. The lowest BCUT2D eigenvalue weighted by Crippen LogP contribution is -2.47. The maximum atomic E-state index is 6.36. The fourth-order valence-electron chi connectivity index (χ4n) is 3.20. The number of nitrogens with two attached hydrogens (primary N) is 1. The summed E-state index contributed by atoms with van der Waals surface area (Å²) < 4.78 is 6.12. The third kappa shape index (κ3) is 3.62. The Hall–Kier alpha value is 0.270. The van der Waals surface area contributed by atoms with Crippen molar-refractivity contribution in [3.63, 3.8) is 0 Å². The molecule has 0 saturated carbocycles. The average molecular weight is 257 g/mol. The van der Waals surface area contributed by atoms with E-state index >= 15 is 0 Å². The van der Waals surface area contributed by atoms with E-state index in [9.17, 15) is 0 Å². The van der Waals surface area contributed by atoms with Crippen molar-refractivity contribution in [2.24, 2.45) is 11.7 Å². The van der Waals surface area contributed by atoms with E-state index < -0.39 is 0 Å². The van der Waals surface area contributed by atoms with Crippen LogP contribution in [0.3, 0.4) is 0 Å². The molecule has 2 fully saturated rings. The van der Waals surface area contributed by atoms with Crippen molar-refractivity contribution in [3.05, 3.63) is 0 Å². The van der Waals surface area contributed by atoms with Crippen molar-refractivity contribution in [1.29, 1.82) is 0 Å². The van der Waals surface area contributed by atoms with Crippen LogP contribution in [0.5, 0.6) is 0 Å². The van der Waals surface area contributed by atoms with Crippen LogP contribution in [0.25, 0.3) is 0 Å². The van der Waals surface area contributed by atoms with Crippen LogP contribution in [-0.2, 0) is 4.74 Å². The molecule has 100 valence electrons. The SMILES string of the molecule is CCCCC(N)C1CCOC2(CCSCC2)C1. The van der Waals surface area contributed by atoms with Gasteiger partial charge in [0.2, 0.25) is 0 Å². The van der Waals surface area contributed by atoms with Gasteiger partial charge in [-0.25, -0.2) is 0 Å². The molecule has 2 aliphatic rings. The molecule has 2 unspecified atom stereocenters. The second-order valence-corrected chi connectivity index (χ2v) is 6.93. The van der Waals surface area contributed by atoms with Gasteiger partial charge >= 0.3 is 0 Å². The maximum absolute atomic E-state index is 6.36. The molecule has 2 N–H and O–H groups in total. The summed E-state index contributed by atoms with van der Waals surface area (Å²) in [5.41, 5.74) is 6.57. The van der Waals surface area contributed by atoms with E-state index in [-0.39, 0.29) is 5.60 Å². The first kappa shape index (κ1) is 13.7. The lowest BCUT2D eigenvalue weighted by molar-refractivity contribution is -0.106. The van der Waals surface area contributed by atoms with Gasteiger partial charge in [0, 0.05) is 12.6 Å². The van der Waals surface area contributed by atoms with Crippen molar-refractivity contribution < 1.29 is 4.74 Å². The smallest absolute Gasteiger partial charge is 0.0701 e. The van der Waals surface area contributed by atoms with E-state index in [1.807, 2.05) is 0 Å². The summed E-state index contributed by atoms with van der Waals surface area (Å²) in [6, 6.07) is 0.408. The van der Waals surface area contributed by atoms with Gasteiger partial charge in [-0.3, -0.25) is 0 Å². The van der Waals surface area contributed by atoms with Crippen LogP contribution in [0.4, 0.5) is 0 Å². The monoisotopic (exact) mass is 257 g/mol. The van der Waals surface area contributed by atoms with Crippen LogP contribution in [0.2, 0.25) is 0 Å². The van der Waals surface area contributed by atoms with E-state index in [2.05, 4.69) is 18.7 Å². The number of hydrogen-bond acceptors (Lipinski definition) is 3. The molecule has 17 heavy (non-hydrogen) atoms. The average Bonchev–Trinajstić information content (AvgIpc) is 2.37. The molecular weight excluding hydrogens is 230 g/mol. The summed E-state index contributed by atoms with van der Waals surface area (Å²) in [4.78, 5) is 0. The molecule has 2 atom stereocenters. The number of ether oxygens (including phenoxy) is 1. The Morgan fingerprint density at radius 2 is 2.18 bits per heavy atom. The lowest BCUT2D eigenvalue weighted by atomic mass is 9.78. The summed E-state index contributed by atoms with van der Waals surface area (Å²) in [6.45, 7) is 3.19. The minimum atomic E-state index is 0.206. The molecule has 0 radical (unpaired) electrons. The van der Waals surface area contributed by atoms with Crippen molar-refractivity contribution in [2.45, 2.75) is 63.5 Å². The summed E-state index contributed by atoms with van der Waals surface area (Å²) in [5, 5.41) is 0. The van der Waals surface area contributed by atoms with Gasteiger partial charge in [0.05, 0.1) is 5.60 Å². The molecule has 2 aliphatic heterocycles. The predicted molar refractivity (Wildman–Crippen MR) is 75.5 cm³/mol. The van der Waals surface area contributed by atoms with Crippen molar-refractivity contribution in [2.75, 3.05) is 18.1 Å². The molecule has 2 rings (SSSR count). The van der Waals surface area contributed by atoms with Gasteiger partial charge in [-0.15, -0.1) is 0 Å². The minimum Gasteiger partial charge on any atom is -0.375 e. The molecule has 2 heterocycles. The molecule has 0 aromatic rings. The van der Waals surface area contributed by atoms with Gasteiger partial charge in [0.1, 0.15) is 0 Å². The second kappa shape index (κ2) is 6.44. The molecular formula is C14H27NOS. The molecule has 0 aromatic heterocycles. The number of unbranched alkanes of at least 4 members (excludes halogenated alkanes) is 1. The first-order chi connectivity index (χ1) is 8.26. The number of thioether (sulfide) groups is 1. The van der Waals surface area contributed by atoms with Crippen LogP contribution in [-0.4, -0.2) is 29.8 Å². The Kier molecular flexibility index (Phi) is 5.19. The molecule has 0 bridgehead atoms. The first-order valence-electron chi connectivity index (χ1n) is 7.23. The molecule has 0 amide bonds. The van der Waals surface area contributed by atoms with Gasteiger partial charge in [0.15, 0.2) is 0 Å². The van der Waals surface area contributed by atoms with Crippen LogP contribution >= 0.6 is 11.8 Å². The number of rotatable bonds is 4. The van der Waals surface area contributed by atoms with Crippen LogP contribution in [0.1, 0.15) is 51.9 Å². The molecule has 2 nitrogen and oxygen atoms in total. The second-order valence-electron chi connectivity index (χ2n) is 5.70. The van der Waals surface area contributed by atoms with E-state index in [4.69, 9.17) is 10.5 Å². The number of hydrogen-bond donors (Lipinski definition) is 1. The highest BCUT2D eigenvalue weighted by molar-refractivity contribution is 7.99. The van der Waals surface area contributed by atoms with E-state index in [0.717, 1.165) is 6.61 Å². The summed E-state index contributed by atoms with van der Waals surface area (Å²) >= 11 is 2.07. The molecule has 3 heteroatoms. The predicted octanol–water partition coefficient (Wildman–Crippen LogP) is 3.20. The summed E-state index contributed by atoms with van der Waals surface area (Å²) in [5.74, 6) is 3.26. The molecule has 1 spiro atoms. The van der Waals surface area contributed by atoms with Gasteiger partial charge in [-0.1, -0.05) is 19.8 Å². The van der Waals surface area contributed by atoms with Crippen LogP contribution < -0.4 is 5.73 Å². The third-order valence-electron chi connectivity index (χ3n) is 4.43. The summed E-state index contributed by atoms with van der Waals surface area (Å²) in [6.07, 6.45) is 8.63. The Bertz CT molecular complexity index is 223. The van der Waals surface area contributed by atoms with Gasteiger partial charge in [0.25, 0.3) is 0 Å². The zero-order valence-corrected chi connectivity index (χ0v) is 11.9. The quantitative estimate of drug-likeness (QED) is 0.840. The zero-order valence-electron chi connectivity index (χ0n) is 11.1. The van der Waals surface area contributed by atoms with Crippen LogP contribution in [0.15, 0.2) is 0 Å². The van der Waals surface area contributed by atoms with E-state index in [0.29, 0.717) is 12.0 Å². The summed E-state index contributed by atoms with van der Waals surface area (Å²) in [7, 11) is 0. The zero-order chi connectivity index (χ0) is 12.1. The Labute approximate surface area is 110 Å². The minimum absolute atomic E-state index is 0.206. The standard InChI is InChI=1S/C14H27NOS/c1-2-3-4-13(15)12-5-8-16-14(11-12)6-9-17-10-7-14/h12-13H,2-11,15H2,1H3. The van der Waals surface area contributed by atoms with Crippen molar-refractivity contribution in [3.8, 4) is 0 Å². The molecule has 0 aromatic carbocycles. The topological polar surface area (TPSA) is 35.2 Å². The van der Waals surface area contributed by atoms with E-state index in [1.54, 1.807) is 0 Å². The lowest BCUT2D eigenvalue weighted by Gasteiger charge is -2.44. The van der Waals surface area contributed by atoms with Gasteiger partial charge in [-0.05, 0) is 49.5 Å². The fourth-order valence-corrected chi connectivity index (χ4v) is 4.44. The van der Waals surface area contributed by atoms with Crippen molar-refractivity contribution in [1.82, 2.24) is 0 Å². The maximum Gasteiger partial charge on any atom is 0.0701 e. The van der Waals surface area contributed by atoms with Crippen LogP contribution in [0, 0.1) is 5.92 Å². The largest absolute Gasteiger partial charge is 0.375 e. The fraction of sp³-hybridized carbons (Fsp3) is 1.00. The van der Waals surface area contributed by atoms with Gasteiger partial charge in [-0.2, -0.15) is 11.8 Å². The van der Waals surface area contributed by atoms with E-state index in [1.165, 1.54) is 56.5 Å². The first-order valence-corrected chi connectivity index (χ1v) is 8.38. The highest BCUT2D eigenvalue weighted by Gasteiger charge is 2.40. The van der Waals surface area contributed by atoms with Gasteiger partial charge < -0.3 is 10.5 Å². The highest BCUT2D eigenvalue weighted by Crippen LogP contribution is 2.40. The van der Waals surface area contributed by atoms with Crippen molar-refractivity contribution >= 4 is 11.8 Å². The normalized spacial score (nSPS) is 30.4. The Balaban J connectivity index is 1.87.